The fraction of sp³-hybridized carbons (Fsp3) is 0.778. The molecule has 0 aromatic carbocycles. The zero-order valence-corrected chi connectivity index (χ0v) is 13.1. The van der Waals surface area contributed by atoms with Gasteiger partial charge in [-0.15, -0.1) is 6.58 Å². The lowest BCUT2D eigenvalue weighted by atomic mass is 9.65. The lowest BCUT2D eigenvalue weighted by molar-refractivity contribution is -0.0630. The van der Waals surface area contributed by atoms with Crippen molar-refractivity contribution < 1.29 is 9.47 Å². The van der Waals surface area contributed by atoms with Crippen LogP contribution in [0, 0.1) is 23.2 Å². The standard InChI is InChI=1S/C18H30O2/c1-4-7-17-15-8-9-16(12-15)18(17,13-19-10-5-2)14-20-11-6-3/h5-6,11,15-17H,2,4,7-10,12-14H2,1,3H3. The molecule has 0 aliphatic heterocycles. The molecule has 2 nitrogen and oxygen atoms in total. The minimum absolute atomic E-state index is 0.238. The smallest absolute Gasteiger partial charge is 0.0956 e. The van der Waals surface area contributed by atoms with E-state index < -0.39 is 0 Å². The summed E-state index contributed by atoms with van der Waals surface area (Å²) in [6, 6.07) is 0. The van der Waals surface area contributed by atoms with Crippen LogP contribution in [0.3, 0.4) is 0 Å². The van der Waals surface area contributed by atoms with E-state index in [-0.39, 0.29) is 5.41 Å². The van der Waals surface area contributed by atoms with Crippen molar-refractivity contribution in [3.8, 4) is 0 Å². The van der Waals surface area contributed by atoms with Gasteiger partial charge in [0.2, 0.25) is 0 Å². The van der Waals surface area contributed by atoms with Crippen molar-refractivity contribution >= 4 is 0 Å². The Bertz CT molecular complexity index is 336. The fourth-order valence-electron chi connectivity index (χ4n) is 4.63. The quantitative estimate of drug-likeness (QED) is 0.349. The Morgan fingerprint density at radius 2 is 2.15 bits per heavy atom. The summed E-state index contributed by atoms with van der Waals surface area (Å²) >= 11 is 0. The molecular weight excluding hydrogens is 248 g/mol. The molecule has 4 atom stereocenters. The van der Waals surface area contributed by atoms with Gasteiger partial charge in [-0.3, -0.25) is 0 Å². The molecule has 0 heterocycles. The van der Waals surface area contributed by atoms with Crippen LogP contribution in [-0.2, 0) is 9.47 Å². The maximum absolute atomic E-state index is 5.91. The molecule has 2 rings (SSSR count). The summed E-state index contributed by atoms with van der Waals surface area (Å²) in [6.07, 6.45) is 12.4. The molecule has 114 valence electrons. The Kier molecular flexibility index (Phi) is 5.71. The van der Waals surface area contributed by atoms with Gasteiger partial charge in [-0.25, -0.2) is 0 Å². The van der Waals surface area contributed by atoms with E-state index in [9.17, 15) is 0 Å². The molecule has 2 aliphatic carbocycles. The monoisotopic (exact) mass is 278 g/mol. The second-order valence-electron chi connectivity index (χ2n) is 6.48. The Morgan fingerprint density at radius 3 is 2.85 bits per heavy atom. The molecule has 2 saturated carbocycles. The lowest BCUT2D eigenvalue weighted by Gasteiger charge is -2.43. The average molecular weight is 278 g/mol. The first-order valence-corrected chi connectivity index (χ1v) is 8.20. The first kappa shape index (κ1) is 15.6. The molecule has 20 heavy (non-hydrogen) atoms. The summed E-state index contributed by atoms with van der Waals surface area (Å²) < 4.78 is 11.8. The molecule has 0 radical (unpaired) electrons. The Labute approximate surface area is 124 Å². The predicted molar refractivity (Wildman–Crippen MR) is 83.4 cm³/mol. The second-order valence-corrected chi connectivity index (χ2v) is 6.48. The molecule has 0 aromatic heterocycles. The van der Waals surface area contributed by atoms with Crippen LogP contribution in [0.25, 0.3) is 0 Å². The fourth-order valence-corrected chi connectivity index (χ4v) is 4.63. The van der Waals surface area contributed by atoms with E-state index in [1.165, 1.54) is 32.1 Å². The highest BCUT2D eigenvalue weighted by Crippen LogP contribution is 2.61. The van der Waals surface area contributed by atoms with E-state index in [1.807, 2.05) is 25.3 Å². The Morgan fingerprint density at radius 1 is 1.30 bits per heavy atom. The minimum atomic E-state index is 0.238. The zero-order chi connectivity index (χ0) is 14.4. The van der Waals surface area contributed by atoms with E-state index in [1.54, 1.807) is 0 Å². The number of ether oxygens (including phenoxy) is 2. The summed E-state index contributed by atoms with van der Waals surface area (Å²) in [6.45, 7) is 10.4. The predicted octanol–water partition coefficient (Wildman–Crippen LogP) is 4.57. The SMILES string of the molecule is C=CCOCC1(COC=CC)C2CCC(C2)C1CCC. The van der Waals surface area contributed by atoms with Crippen LogP contribution in [0.1, 0.15) is 46.0 Å². The molecule has 0 amide bonds. The summed E-state index contributed by atoms with van der Waals surface area (Å²) in [5.41, 5.74) is 0.238. The molecule has 4 unspecified atom stereocenters. The maximum atomic E-state index is 5.91. The van der Waals surface area contributed by atoms with E-state index in [4.69, 9.17) is 9.47 Å². The number of fused-ring (bicyclic) bond motifs is 2. The van der Waals surface area contributed by atoms with Crippen LogP contribution in [0.15, 0.2) is 25.0 Å². The van der Waals surface area contributed by atoms with Gasteiger partial charge in [0.15, 0.2) is 0 Å². The molecule has 2 bridgehead atoms. The molecule has 0 spiro atoms. The van der Waals surface area contributed by atoms with E-state index in [0.29, 0.717) is 6.61 Å². The Balaban J connectivity index is 2.11. The maximum Gasteiger partial charge on any atom is 0.0956 e. The topological polar surface area (TPSA) is 18.5 Å². The van der Waals surface area contributed by atoms with Gasteiger partial charge in [0.25, 0.3) is 0 Å². The van der Waals surface area contributed by atoms with Gasteiger partial charge in [-0.05, 0) is 50.4 Å². The number of hydrogen-bond donors (Lipinski definition) is 0. The molecule has 0 saturated heterocycles. The summed E-state index contributed by atoms with van der Waals surface area (Å²) in [5.74, 6) is 2.47. The third-order valence-electron chi connectivity index (χ3n) is 5.38. The molecule has 2 fully saturated rings. The average Bonchev–Trinajstić information content (AvgIpc) is 3.02. The van der Waals surface area contributed by atoms with Gasteiger partial charge < -0.3 is 9.47 Å². The summed E-state index contributed by atoms with van der Waals surface area (Å²) in [5, 5.41) is 0. The van der Waals surface area contributed by atoms with Crippen LogP contribution >= 0.6 is 0 Å². The van der Waals surface area contributed by atoms with Gasteiger partial charge in [-0.2, -0.15) is 0 Å². The molecular formula is C18H30O2. The van der Waals surface area contributed by atoms with E-state index in [0.717, 1.165) is 31.0 Å². The highest BCUT2D eigenvalue weighted by molar-refractivity contribution is 5.06. The first-order chi connectivity index (χ1) is 9.78. The molecule has 2 heteroatoms. The highest BCUT2D eigenvalue weighted by Gasteiger charge is 2.57. The van der Waals surface area contributed by atoms with E-state index in [2.05, 4.69) is 13.5 Å². The van der Waals surface area contributed by atoms with Gasteiger partial charge in [-0.1, -0.05) is 25.5 Å². The van der Waals surface area contributed by atoms with Crippen molar-refractivity contribution in [2.24, 2.45) is 23.2 Å². The van der Waals surface area contributed by atoms with Crippen LogP contribution < -0.4 is 0 Å². The van der Waals surface area contributed by atoms with Gasteiger partial charge in [0, 0.05) is 5.41 Å². The third-order valence-corrected chi connectivity index (χ3v) is 5.38. The number of hydrogen-bond acceptors (Lipinski definition) is 2. The van der Waals surface area contributed by atoms with Crippen molar-refractivity contribution in [2.45, 2.75) is 46.0 Å². The summed E-state index contributed by atoms with van der Waals surface area (Å²) in [4.78, 5) is 0. The van der Waals surface area contributed by atoms with Crippen LogP contribution in [-0.4, -0.2) is 19.8 Å². The van der Waals surface area contributed by atoms with Crippen molar-refractivity contribution in [3.63, 3.8) is 0 Å². The normalized spacial score (nSPS) is 35.8. The van der Waals surface area contributed by atoms with Crippen LogP contribution in [0.5, 0.6) is 0 Å². The zero-order valence-electron chi connectivity index (χ0n) is 13.1. The van der Waals surface area contributed by atoms with Gasteiger partial charge >= 0.3 is 0 Å². The molecule has 2 aliphatic rings. The number of rotatable bonds is 9. The molecule has 0 N–H and O–H groups in total. The van der Waals surface area contributed by atoms with Crippen molar-refractivity contribution in [1.29, 1.82) is 0 Å². The third kappa shape index (κ3) is 2.95. The first-order valence-electron chi connectivity index (χ1n) is 8.20. The van der Waals surface area contributed by atoms with Crippen molar-refractivity contribution in [3.05, 3.63) is 25.0 Å². The van der Waals surface area contributed by atoms with Gasteiger partial charge in [0.05, 0.1) is 26.1 Å². The van der Waals surface area contributed by atoms with E-state index >= 15 is 0 Å². The Hall–Kier alpha value is -0.760. The highest BCUT2D eigenvalue weighted by atomic mass is 16.5. The van der Waals surface area contributed by atoms with Crippen LogP contribution in [0.2, 0.25) is 0 Å². The van der Waals surface area contributed by atoms with Crippen molar-refractivity contribution in [1.82, 2.24) is 0 Å². The van der Waals surface area contributed by atoms with Crippen molar-refractivity contribution in [2.75, 3.05) is 19.8 Å². The van der Waals surface area contributed by atoms with Gasteiger partial charge in [0.1, 0.15) is 0 Å². The minimum Gasteiger partial charge on any atom is -0.501 e. The second kappa shape index (κ2) is 7.31. The number of allylic oxidation sites excluding steroid dienone is 1. The largest absolute Gasteiger partial charge is 0.501 e. The molecule has 0 aromatic rings. The lowest BCUT2D eigenvalue weighted by Crippen LogP contribution is -2.44. The summed E-state index contributed by atoms with van der Waals surface area (Å²) in [7, 11) is 0. The van der Waals surface area contributed by atoms with Crippen LogP contribution in [0.4, 0.5) is 0 Å².